The molecular weight excluding hydrogens is 172 g/mol. The Morgan fingerprint density at radius 2 is 2.00 bits per heavy atom. The van der Waals surface area contributed by atoms with Crippen LogP contribution in [0.2, 0.25) is 0 Å². The van der Waals surface area contributed by atoms with Gasteiger partial charge in [0.15, 0.2) is 0 Å². The lowest BCUT2D eigenvalue weighted by molar-refractivity contribution is -0.137. The molecule has 0 aliphatic rings. The summed E-state index contributed by atoms with van der Waals surface area (Å²) in [6, 6.07) is 0. The molecule has 0 amide bonds. The Labute approximate surface area is 76.5 Å². The molecule has 0 aromatic carbocycles. The number of hydrogen-bond donors (Lipinski definition) is 1. The maximum atomic E-state index is 10.6. The van der Waals surface area contributed by atoms with Gasteiger partial charge in [-0.2, -0.15) is 0 Å². The summed E-state index contributed by atoms with van der Waals surface area (Å²) in [7, 11) is 0. The highest BCUT2D eigenvalue weighted by atomic mass is 16.5. The summed E-state index contributed by atoms with van der Waals surface area (Å²) in [5.41, 5.74) is 0.708. The normalized spacial score (nSPS) is 11.5. The number of carboxylic acids is 1. The van der Waals surface area contributed by atoms with Crippen molar-refractivity contribution in [2.75, 3.05) is 6.61 Å². The lowest BCUT2D eigenvalue weighted by Gasteiger charge is -2.03. The first-order valence-corrected chi connectivity index (χ1v) is 3.68. The minimum atomic E-state index is -1.01. The van der Waals surface area contributed by atoms with Crippen LogP contribution in [0.1, 0.15) is 13.8 Å². The first-order chi connectivity index (χ1) is 5.99. The Kier molecular flexibility index (Phi) is 4.51. The molecule has 0 heterocycles. The quantitative estimate of drug-likeness (QED) is 0.525. The summed E-state index contributed by atoms with van der Waals surface area (Å²) in [5.74, 6) is -1.57. The molecule has 0 atom stereocenters. The molecule has 0 rings (SSSR count). The summed E-state index contributed by atoms with van der Waals surface area (Å²) in [5, 5.41) is 8.56. The zero-order chi connectivity index (χ0) is 10.4. The molecule has 0 radical (unpaired) electrons. The standard InChI is InChI=1S/C9H12O4/c1-4-8(10)13-5-6(2)7(3)9(11)12/h4H,1,5H2,2-3H3,(H,11,12). The van der Waals surface area contributed by atoms with Crippen LogP contribution in [-0.2, 0) is 14.3 Å². The molecule has 0 saturated heterocycles. The average molecular weight is 184 g/mol. The summed E-state index contributed by atoms with van der Waals surface area (Å²) >= 11 is 0. The summed E-state index contributed by atoms with van der Waals surface area (Å²) < 4.78 is 4.65. The highest BCUT2D eigenvalue weighted by Crippen LogP contribution is 2.03. The number of rotatable bonds is 4. The number of carbonyl (C=O) groups excluding carboxylic acids is 1. The SMILES string of the molecule is C=CC(=O)OCC(C)=C(C)C(=O)O. The van der Waals surface area contributed by atoms with Crippen molar-refractivity contribution < 1.29 is 19.4 Å². The minimum absolute atomic E-state index is 0.0109. The van der Waals surface area contributed by atoms with Gasteiger partial charge in [0.2, 0.25) is 0 Å². The van der Waals surface area contributed by atoms with Gasteiger partial charge in [-0.15, -0.1) is 0 Å². The van der Waals surface area contributed by atoms with Crippen molar-refractivity contribution in [3.8, 4) is 0 Å². The van der Waals surface area contributed by atoms with E-state index in [2.05, 4.69) is 11.3 Å². The van der Waals surface area contributed by atoms with E-state index in [1.54, 1.807) is 6.92 Å². The summed E-state index contributed by atoms with van der Waals surface area (Å²) in [4.78, 5) is 21.0. The largest absolute Gasteiger partial charge is 0.478 e. The van der Waals surface area contributed by atoms with E-state index >= 15 is 0 Å². The highest BCUT2D eigenvalue weighted by molar-refractivity contribution is 5.87. The van der Waals surface area contributed by atoms with Crippen molar-refractivity contribution in [2.24, 2.45) is 0 Å². The fourth-order valence-electron chi connectivity index (χ4n) is 0.529. The predicted molar refractivity (Wildman–Crippen MR) is 47.2 cm³/mol. The van der Waals surface area contributed by atoms with Crippen molar-refractivity contribution in [3.63, 3.8) is 0 Å². The second kappa shape index (κ2) is 5.13. The molecule has 0 bridgehead atoms. The average Bonchev–Trinajstić information content (AvgIpc) is 2.11. The third-order valence-electron chi connectivity index (χ3n) is 1.56. The molecule has 4 heteroatoms. The Balaban J connectivity index is 4.22. The maximum absolute atomic E-state index is 10.6. The van der Waals surface area contributed by atoms with Crippen molar-refractivity contribution in [3.05, 3.63) is 23.8 Å². The van der Waals surface area contributed by atoms with Gasteiger partial charge in [0.1, 0.15) is 6.61 Å². The molecule has 4 nitrogen and oxygen atoms in total. The molecule has 0 spiro atoms. The van der Waals surface area contributed by atoms with Crippen LogP contribution in [0.25, 0.3) is 0 Å². The van der Waals surface area contributed by atoms with Crippen LogP contribution in [0.4, 0.5) is 0 Å². The molecule has 72 valence electrons. The molecule has 13 heavy (non-hydrogen) atoms. The van der Waals surface area contributed by atoms with Crippen LogP contribution in [0.5, 0.6) is 0 Å². The van der Waals surface area contributed by atoms with E-state index in [0.717, 1.165) is 6.08 Å². The van der Waals surface area contributed by atoms with Crippen molar-refractivity contribution in [1.82, 2.24) is 0 Å². The first kappa shape index (κ1) is 11.4. The Morgan fingerprint density at radius 3 is 2.38 bits per heavy atom. The van der Waals surface area contributed by atoms with Crippen LogP contribution in [-0.4, -0.2) is 23.7 Å². The third-order valence-corrected chi connectivity index (χ3v) is 1.56. The monoisotopic (exact) mass is 184 g/mol. The van der Waals surface area contributed by atoms with Crippen LogP contribution in [0, 0.1) is 0 Å². The Morgan fingerprint density at radius 1 is 1.46 bits per heavy atom. The Bertz CT molecular complexity index is 263. The third kappa shape index (κ3) is 4.10. The molecule has 0 saturated carbocycles. The van der Waals surface area contributed by atoms with Crippen LogP contribution >= 0.6 is 0 Å². The van der Waals surface area contributed by atoms with Gasteiger partial charge >= 0.3 is 11.9 Å². The van der Waals surface area contributed by atoms with Gasteiger partial charge in [0.25, 0.3) is 0 Å². The van der Waals surface area contributed by atoms with Crippen molar-refractivity contribution >= 4 is 11.9 Å². The van der Waals surface area contributed by atoms with E-state index in [4.69, 9.17) is 5.11 Å². The van der Waals surface area contributed by atoms with Gasteiger partial charge in [-0.1, -0.05) is 6.58 Å². The van der Waals surface area contributed by atoms with E-state index in [9.17, 15) is 9.59 Å². The van der Waals surface area contributed by atoms with Gasteiger partial charge in [-0.25, -0.2) is 9.59 Å². The summed E-state index contributed by atoms with van der Waals surface area (Å²) in [6.45, 7) is 6.26. The number of carbonyl (C=O) groups is 2. The van der Waals surface area contributed by atoms with E-state index in [1.165, 1.54) is 6.92 Å². The van der Waals surface area contributed by atoms with Gasteiger partial charge in [0.05, 0.1) is 0 Å². The number of hydrogen-bond acceptors (Lipinski definition) is 3. The molecule has 0 aromatic rings. The maximum Gasteiger partial charge on any atom is 0.331 e. The number of ether oxygens (including phenoxy) is 1. The second-order valence-corrected chi connectivity index (χ2v) is 2.52. The fraction of sp³-hybridized carbons (Fsp3) is 0.333. The molecule has 0 aliphatic heterocycles. The van der Waals surface area contributed by atoms with Gasteiger partial charge in [-0.3, -0.25) is 0 Å². The summed E-state index contributed by atoms with van der Waals surface area (Å²) in [6.07, 6.45) is 1.03. The molecule has 1 N–H and O–H groups in total. The fourth-order valence-corrected chi connectivity index (χ4v) is 0.529. The predicted octanol–water partition coefficient (Wildman–Crippen LogP) is 1.14. The second-order valence-electron chi connectivity index (χ2n) is 2.52. The van der Waals surface area contributed by atoms with Gasteiger partial charge in [-0.05, 0) is 19.4 Å². The molecule has 0 fully saturated rings. The molecule has 0 aromatic heterocycles. The first-order valence-electron chi connectivity index (χ1n) is 3.68. The zero-order valence-corrected chi connectivity index (χ0v) is 7.66. The Hall–Kier alpha value is -1.58. The smallest absolute Gasteiger partial charge is 0.331 e. The van der Waals surface area contributed by atoms with Crippen molar-refractivity contribution in [2.45, 2.75) is 13.8 Å². The molecule has 0 aliphatic carbocycles. The lowest BCUT2D eigenvalue weighted by Crippen LogP contribution is -2.07. The van der Waals surface area contributed by atoms with Crippen LogP contribution in [0.3, 0.4) is 0 Å². The van der Waals surface area contributed by atoms with Gasteiger partial charge in [0, 0.05) is 11.6 Å². The number of esters is 1. The van der Waals surface area contributed by atoms with E-state index in [1.807, 2.05) is 0 Å². The molecule has 0 unspecified atom stereocenters. The highest BCUT2D eigenvalue weighted by Gasteiger charge is 2.06. The zero-order valence-electron chi connectivity index (χ0n) is 7.66. The molecular formula is C9H12O4. The van der Waals surface area contributed by atoms with Crippen molar-refractivity contribution in [1.29, 1.82) is 0 Å². The van der Waals surface area contributed by atoms with Crippen LogP contribution < -0.4 is 0 Å². The van der Waals surface area contributed by atoms with Crippen LogP contribution in [0.15, 0.2) is 23.8 Å². The lowest BCUT2D eigenvalue weighted by atomic mass is 10.2. The van der Waals surface area contributed by atoms with E-state index in [0.29, 0.717) is 5.57 Å². The minimum Gasteiger partial charge on any atom is -0.478 e. The van der Waals surface area contributed by atoms with E-state index < -0.39 is 11.9 Å². The topological polar surface area (TPSA) is 63.6 Å². The number of aliphatic carboxylic acids is 1. The number of carboxylic acid groups (broad SMARTS) is 1. The van der Waals surface area contributed by atoms with Gasteiger partial charge < -0.3 is 9.84 Å². The van der Waals surface area contributed by atoms with E-state index in [-0.39, 0.29) is 12.2 Å².